The Morgan fingerprint density at radius 1 is 0.927 bits per heavy atom. The maximum atomic E-state index is 13.3. The molecule has 0 radical (unpaired) electrons. The smallest absolute Gasteiger partial charge is 0.748 e. The second-order valence-electron chi connectivity index (χ2n) is 9.66. The van der Waals surface area contributed by atoms with Crippen LogP contribution >= 0.6 is 23.2 Å². The van der Waals surface area contributed by atoms with Crippen LogP contribution in [0.3, 0.4) is 0 Å². The molecule has 0 aliphatic rings. The Hall–Kier alpha value is -1.91. The molecule has 1 atom stereocenters. The van der Waals surface area contributed by atoms with E-state index in [2.05, 4.69) is 17.6 Å². The van der Waals surface area contributed by atoms with Gasteiger partial charge in [-0.15, -0.1) is 0 Å². The van der Waals surface area contributed by atoms with Gasteiger partial charge in [0.1, 0.15) is 0 Å². The van der Waals surface area contributed by atoms with Gasteiger partial charge in [-0.1, -0.05) is 86.1 Å². The maximum Gasteiger partial charge on any atom is 1.00 e. The van der Waals surface area contributed by atoms with E-state index in [1.807, 2.05) is 30.3 Å². The van der Waals surface area contributed by atoms with Crippen molar-refractivity contribution in [1.82, 2.24) is 5.32 Å². The fourth-order valence-electron chi connectivity index (χ4n) is 4.31. The number of anilines is 1. The Bertz CT molecular complexity index is 1400. The zero-order valence-corrected chi connectivity index (χ0v) is 27.6. The van der Waals surface area contributed by atoms with Crippen LogP contribution in [0.25, 0.3) is 11.1 Å². The number of carbonyl (C=O) groups excluding carboxylic acids is 2. The molecule has 0 heterocycles. The van der Waals surface area contributed by atoms with Crippen molar-refractivity contribution in [2.45, 2.75) is 45.4 Å². The molecule has 3 aromatic carbocycles. The SMILES string of the molecule is CCCCCCC(Cc1ccc(C(=O)NCCS(=O)(=O)[O-])cc1)C(=O)Nc1ccc(-c2ccc(Cl)cc2Cl)cc1.[Na+]. The van der Waals surface area contributed by atoms with E-state index in [4.69, 9.17) is 23.2 Å². The molecule has 2 amide bonds. The van der Waals surface area contributed by atoms with E-state index < -0.39 is 21.8 Å². The van der Waals surface area contributed by atoms with Crippen molar-refractivity contribution in [2.75, 3.05) is 17.6 Å². The minimum atomic E-state index is -4.40. The van der Waals surface area contributed by atoms with Crippen LogP contribution in [-0.2, 0) is 21.3 Å². The first-order valence-electron chi connectivity index (χ1n) is 13.2. The Morgan fingerprint density at radius 3 is 2.22 bits per heavy atom. The largest absolute Gasteiger partial charge is 1.00 e. The number of carbonyl (C=O) groups is 2. The number of benzene rings is 3. The van der Waals surface area contributed by atoms with E-state index in [0.29, 0.717) is 27.7 Å². The Kier molecular flexibility index (Phi) is 14.9. The maximum absolute atomic E-state index is 13.3. The first-order chi connectivity index (χ1) is 19.1. The fourth-order valence-corrected chi connectivity index (χ4v) is 5.18. The van der Waals surface area contributed by atoms with Crippen molar-refractivity contribution in [1.29, 1.82) is 0 Å². The molecule has 0 spiro atoms. The van der Waals surface area contributed by atoms with Gasteiger partial charge in [0.05, 0.1) is 15.9 Å². The summed E-state index contributed by atoms with van der Waals surface area (Å²) in [6, 6.07) is 19.7. The molecule has 1 unspecified atom stereocenters. The molecule has 2 N–H and O–H groups in total. The molecular formula is C30H33Cl2N2NaO5S. The van der Waals surface area contributed by atoms with E-state index in [9.17, 15) is 22.6 Å². The molecule has 0 saturated carbocycles. The third-order valence-corrected chi connectivity index (χ3v) is 7.76. The van der Waals surface area contributed by atoms with Crippen LogP contribution in [0.1, 0.15) is 54.9 Å². The van der Waals surface area contributed by atoms with Crippen LogP contribution in [0.4, 0.5) is 5.69 Å². The molecule has 214 valence electrons. The van der Waals surface area contributed by atoms with Crippen LogP contribution < -0.4 is 40.2 Å². The zero-order valence-electron chi connectivity index (χ0n) is 23.3. The number of amides is 2. The Morgan fingerprint density at radius 2 is 1.61 bits per heavy atom. The fraction of sp³-hybridized carbons (Fsp3) is 0.333. The van der Waals surface area contributed by atoms with E-state index in [0.717, 1.165) is 48.8 Å². The summed E-state index contributed by atoms with van der Waals surface area (Å²) in [5.41, 5.74) is 3.70. The van der Waals surface area contributed by atoms with Crippen LogP contribution in [-0.4, -0.2) is 37.1 Å². The van der Waals surface area contributed by atoms with Crippen LogP contribution in [0.15, 0.2) is 66.7 Å². The first kappa shape index (κ1) is 35.3. The number of hydrogen-bond donors (Lipinski definition) is 2. The van der Waals surface area contributed by atoms with Crippen molar-refractivity contribution < 1.29 is 52.1 Å². The van der Waals surface area contributed by atoms with Gasteiger partial charge in [-0.2, -0.15) is 0 Å². The second kappa shape index (κ2) is 17.3. The van der Waals surface area contributed by atoms with Gasteiger partial charge >= 0.3 is 29.6 Å². The minimum absolute atomic E-state index is 0. The van der Waals surface area contributed by atoms with Gasteiger partial charge in [0.15, 0.2) is 0 Å². The summed E-state index contributed by atoms with van der Waals surface area (Å²) >= 11 is 12.3. The van der Waals surface area contributed by atoms with E-state index in [1.165, 1.54) is 0 Å². The van der Waals surface area contributed by atoms with Crippen LogP contribution in [0.2, 0.25) is 10.0 Å². The molecule has 0 aromatic heterocycles. The van der Waals surface area contributed by atoms with Crippen molar-refractivity contribution in [3.05, 3.63) is 87.9 Å². The Balaban J connectivity index is 0.00000588. The zero-order chi connectivity index (χ0) is 29.1. The van der Waals surface area contributed by atoms with Crippen molar-refractivity contribution in [2.24, 2.45) is 5.92 Å². The quantitative estimate of drug-likeness (QED) is 0.161. The molecular weight excluding hydrogens is 594 g/mol. The van der Waals surface area contributed by atoms with Gasteiger partial charge in [0, 0.05) is 39.3 Å². The van der Waals surface area contributed by atoms with E-state index in [1.54, 1.807) is 36.4 Å². The summed E-state index contributed by atoms with van der Waals surface area (Å²) < 4.78 is 32.2. The predicted molar refractivity (Wildman–Crippen MR) is 160 cm³/mol. The minimum Gasteiger partial charge on any atom is -0.748 e. The number of halogens is 2. The molecule has 3 aromatic rings. The van der Waals surface area contributed by atoms with Crippen molar-refractivity contribution >= 4 is 50.8 Å². The van der Waals surface area contributed by atoms with Gasteiger partial charge in [0.2, 0.25) is 5.91 Å². The van der Waals surface area contributed by atoms with Crippen molar-refractivity contribution in [3.63, 3.8) is 0 Å². The molecule has 11 heteroatoms. The predicted octanol–water partition coefficient (Wildman–Crippen LogP) is 3.71. The first-order valence-corrected chi connectivity index (χ1v) is 15.6. The number of nitrogens with one attached hydrogen (secondary N) is 2. The van der Waals surface area contributed by atoms with Gasteiger partial charge < -0.3 is 15.2 Å². The molecule has 0 fully saturated rings. The Labute approximate surface area is 274 Å². The van der Waals surface area contributed by atoms with E-state index >= 15 is 0 Å². The summed E-state index contributed by atoms with van der Waals surface area (Å²) in [4.78, 5) is 25.6. The summed E-state index contributed by atoms with van der Waals surface area (Å²) in [7, 11) is -4.40. The van der Waals surface area contributed by atoms with Gasteiger partial charge in [-0.25, -0.2) is 8.42 Å². The topological polar surface area (TPSA) is 115 Å². The average molecular weight is 628 g/mol. The summed E-state index contributed by atoms with van der Waals surface area (Å²) in [6.45, 7) is 1.89. The molecule has 0 aliphatic heterocycles. The summed E-state index contributed by atoms with van der Waals surface area (Å²) in [6.07, 6.45) is 5.44. The molecule has 7 nitrogen and oxygen atoms in total. The summed E-state index contributed by atoms with van der Waals surface area (Å²) in [5, 5.41) is 6.58. The second-order valence-corrected chi connectivity index (χ2v) is 12.0. The number of unbranched alkanes of at least 4 members (excludes halogenated alkanes) is 3. The average Bonchev–Trinajstić information content (AvgIpc) is 2.90. The van der Waals surface area contributed by atoms with Crippen LogP contribution in [0, 0.1) is 5.92 Å². The standard InChI is InChI=1S/C30H34Cl2N2O5S.Na/c1-2-3-4-5-6-24(19-21-7-9-23(10-8-21)29(35)33-17-18-40(37,38)39)30(36)34-26-14-11-22(12-15-26)27-16-13-25(31)20-28(27)32;/h7-16,20,24H,2-6,17-19H2,1H3,(H,33,35)(H,34,36)(H,37,38,39);/q;+1/p-1. The molecule has 0 bridgehead atoms. The van der Waals surface area contributed by atoms with Gasteiger partial charge in [-0.05, 0) is 60.4 Å². The normalized spacial score (nSPS) is 11.8. The van der Waals surface area contributed by atoms with Crippen molar-refractivity contribution in [3.8, 4) is 11.1 Å². The number of rotatable bonds is 14. The summed E-state index contributed by atoms with van der Waals surface area (Å²) in [5.74, 6) is -1.46. The third-order valence-electron chi connectivity index (χ3n) is 6.51. The van der Waals surface area contributed by atoms with Gasteiger partial charge in [-0.3, -0.25) is 9.59 Å². The van der Waals surface area contributed by atoms with E-state index in [-0.39, 0.29) is 47.9 Å². The third kappa shape index (κ3) is 12.1. The number of hydrogen-bond acceptors (Lipinski definition) is 5. The molecule has 3 rings (SSSR count). The van der Waals surface area contributed by atoms with Crippen LogP contribution in [0.5, 0.6) is 0 Å². The molecule has 41 heavy (non-hydrogen) atoms. The molecule has 0 saturated heterocycles. The molecule has 0 aliphatic carbocycles. The monoisotopic (exact) mass is 626 g/mol. The van der Waals surface area contributed by atoms with Gasteiger partial charge in [0.25, 0.3) is 5.91 Å².